The van der Waals surface area contributed by atoms with Crippen molar-refractivity contribution in [3.63, 3.8) is 0 Å². The summed E-state index contributed by atoms with van der Waals surface area (Å²) in [6, 6.07) is 24.0. The first-order chi connectivity index (χ1) is 16.4. The zero-order valence-electron chi connectivity index (χ0n) is 18.7. The molecule has 6 nitrogen and oxygen atoms in total. The summed E-state index contributed by atoms with van der Waals surface area (Å²) < 4.78 is 33.4. The maximum absolute atomic E-state index is 13.6. The van der Waals surface area contributed by atoms with Crippen molar-refractivity contribution in [3.8, 4) is 11.5 Å². The first kappa shape index (κ1) is 22.5. The van der Waals surface area contributed by atoms with Crippen LogP contribution in [0.25, 0.3) is 11.5 Å². The molecule has 0 bridgehead atoms. The lowest BCUT2D eigenvalue weighted by Gasteiger charge is -2.36. The first-order valence-electron chi connectivity index (χ1n) is 11.1. The number of halogens is 1. The molecule has 8 heteroatoms. The van der Waals surface area contributed by atoms with Gasteiger partial charge in [0.1, 0.15) is 0 Å². The minimum Gasteiger partial charge on any atom is -0.419 e. The number of anilines is 2. The Balaban J connectivity index is 1.52. The third kappa shape index (κ3) is 4.41. The summed E-state index contributed by atoms with van der Waals surface area (Å²) >= 11 is 6.03. The number of oxazole rings is 1. The maximum atomic E-state index is 13.6. The third-order valence-corrected chi connectivity index (χ3v) is 7.86. The number of rotatable bonds is 5. The van der Waals surface area contributed by atoms with Crippen molar-refractivity contribution >= 4 is 33.0 Å². The fraction of sp³-hybridized carbons (Fsp3) is 0.192. The molecule has 0 unspecified atom stereocenters. The average Bonchev–Trinajstić information content (AvgIpc) is 3.32. The molecule has 1 fully saturated rings. The van der Waals surface area contributed by atoms with Gasteiger partial charge >= 0.3 is 0 Å². The van der Waals surface area contributed by atoms with E-state index in [1.54, 1.807) is 48.5 Å². The Bertz CT molecular complexity index is 1380. The standard InChI is InChI=1S/C26H24ClN3O3S/c1-19-7-13-23(14-8-19)34(31,32)25-26(33-24(28-25)20-9-11-21(27)12-10-20)30-17-15-29(16-18-30)22-5-3-2-4-6-22/h2-14H,15-18H2,1H3. The van der Waals surface area contributed by atoms with Gasteiger partial charge in [0.05, 0.1) is 4.90 Å². The number of piperazine rings is 1. The van der Waals surface area contributed by atoms with Crippen LogP contribution in [-0.2, 0) is 9.84 Å². The molecular formula is C26H24ClN3O3S. The summed E-state index contributed by atoms with van der Waals surface area (Å²) in [6.07, 6.45) is 0. The molecule has 0 aliphatic carbocycles. The molecule has 34 heavy (non-hydrogen) atoms. The normalized spacial score (nSPS) is 14.4. The Kier molecular flexibility index (Phi) is 6.06. The lowest BCUT2D eigenvalue weighted by molar-refractivity contribution is 0.525. The number of benzene rings is 3. The van der Waals surface area contributed by atoms with E-state index in [0.29, 0.717) is 23.7 Å². The fourth-order valence-corrected chi connectivity index (χ4v) is 5.47. The van der Waals surface area contributed by atoms with Crippen LogP contribution in [0.4, 0.5) is 11.6 Å². The first-order valence-corrected chi connectivity index (χ1v) is 12.9. The lowest BCUT2D eigenvalue weighted by Crippen LogP contribution is -2.46. The van der Waals surface area contributed by atoms with Gasteiger partial charge in [0, 0.05) is 42.5 Å². The van der Waals surface area contributed by atoms with Crippen LogP contribution >= 0.6 is 11.6 Å². The number of para-hydroxylation sites is 1. The van der Waals surface area contributed by atoms with E-state index in [0.717, 1.165) is 24.3 Å². The minimum atomic E-state index is -3.88. The highest BCUT2D eigenvalue weighted by Crippen LogP contribution is 2.35. The number of aryl methyl sites for hydroxylation is 1. The molecule has 0 amide bonds. The molecule has 0 radical (unpaired) electrons. The molecule has 0 N–H and O–H groups in total. The Hall–Kier alpha value is -3.29. The predicted octanol–water partition coefficient (Wildman–Crippen LogP) is 5.46. The van der Waals surface area contributed by atoms with E-state index < -0.39 is 9.84 Å². The summed E-state index contributed by atoms with van der Waals surface area (Å²) in [7, 11) is -3.88. The van der Waals surface area contributed by atoms with E-state index in [9.17, 15) is 8.42 Å². The van der Waals surface area contributed by atoms with Crippen LogP contribution in [0.15, 0.2) is 93.2 Å². The van der Waals surface area contributed by atoms with E-state index in [2.05, 4.69) is 22.0 Å². The van der Waals surface area contributed by atoms with Crippen molar-refractivity contribution < 1.29 is 12.8 Å². The maximum Gasteiger partial charge on any atom is 0.236 e. The van der Waals surface area contributed by atoms with Crippen LogP contribution in [0.5, 0.6) is 0 Å². The largest absolute Gasteiger partial charge is 0.419 e. The zero-order chi connectivity index (χ0) is 23.7. The smallest absolute Gasteiger partial charge is 0.236 e. The lowest BCUT2D eigenvalue weighted by atomic mass is 10.2. The predicted molar refractivity (Wildman–Crippen MR) is 134 cm³/mol. The van der Waals surface area contributed by atoms with Gasteiger partial charge in [-0.05, 0) is 55.5 Å². The van der Waals surface area contributed by atoms with Crippen molar-refractivity contribution in [1.82, 2.24) is 4.98 Å². The zero-order valence-corrected chi connectivity index (χ0v) is 20.3. The molecule has 1 saturated heterocycles. The van der Waals surface area contributed by atoms with Gasteiger partial charge in [-0.2, -0.15) is 4.98 Å². The average molecular weight is 494 g/mol. The van der Waals surface area contributed by atoms with E-state index in [4.69, 9.17) is 16.0 Å². The number of nitrogens with zero attached hydrogens (tertiary/aromatic N) is 3. The van der Waals surface area contributed by atoms with E-state index in [-0.39, 0.29) is 21.7 Å². The van der Waals surface area contributed by atoms with Crippen molar-refractivity contribution in [2.24, 2.45) is 0 Å². The van der Waals surface area contributed by atoms with Crippen LogP contribution in [0.3, 0.4) is 0 Å². The monoisotopic (exact) mass is 493 g/mol. The van der Waals surface area contributed by atoms with Crippen LogP contribution < -0.4 is 9.80 Å². The summed E-state index contributed by atoms with van der Waals surface area (Å²) in [4.78, 5) is 8.92. The minimum absolute atomic E-state index is 0.0607. The summed E-state index contributed by atoms with van der Waals surface area (Å²) in [5.74, 6) is 0.529. The second kappa shape index (κ2) is 9.16. The van der Waals surface area contributed by atoms with Crippen LogP contribution in [0.1, 0.15) is 5.56 Å². The van der Waals surface area contributed by atoms with Gasteiger partial charge in [-0.25, -0.2) is 8.42 Å². The molecule has 2 heterocycles. The van der Waals surface area contributed by atoms with E-state index in [1.807, 2.05) is 30.0 Å². The van der Waals surface area contributed by atoms with Gasteiger partial charge in [0.2, 0.25) is 26.6 Å². The van der Waals surface area contributed by atoms with Crippen LogP contribution in [0.2, 0.25) is 5.02 Å². The molecule has 1 aliphatic rings. The van der Waals surface area contributed by atoms with E-state index >= 15 is 0 Å². The van der Waals surface area contributed by atoms with Crippen LogP contribution in [-0.4, -0.2) is 39.6 Å². The SMILES string of the molecule is Cc1ccc(S(=O)(=O)c2nc(-c3ccc(Cl)cc3)oc2N2CCN(c3ccccc3)CC2)cc1. The van der Waals surface area contributed by atoms with Gasteiger partial charge in [-0.3, -0.25) is 0 Å². The van der Waals surface area contributed by atoms with Gasteiger partial charge in [0.25, 0.3) is 0 Å². The summed E-state index contributed by atoms with van der Waals surface area (Å²) in [5.41, 5.74) is 2.80. The Labute approximate surface area is 204 Å². The molecule has 4 aromatic rings. The second-order valence-corrected chi connectivity index (χ2v) is 10.6. The third-order valence-electron chi connectivity index (χ3n) is 5.94. The van der Waals surface area contributed by atoms with Gasteiger partial charge in [0.15, 0.2) is 0 Å². The number of hydrogen-bond donors (Lipinski definition) is 0. The Morgan fingerprint density at radius 3 is 2.09 bits per heavy atom. The van der Waals surface area contributed by atoms with Crippen molar-refractivity contribution in [3.05, 3.63) is 89.4 Å². The molecule has 174 valence electrons. The van der Waals surface area contributed by atoms with Crippen molar-refractivity contribution in [2.45, 2.75) is 16.8 Å². The molecule has 1 aromatic heterocycles. The Morgan fingerprint density at radius 1 is 0.824 bits per heavy atom. The molecule has 0 atom stereocenters. The quantitative estimate of drug-likeness (QED) is 0.367. The highest BCUT2D eigenvalue weighted by atomic mass is 35.5. The number of sulfone groups is 1. The topological polar surface area (TPSA) is 66.7 Å². The summed E-state index contributed by atoms with van der Waals surface area (Å²) in [5, 5.41) is 0.523. The second-order valence-electron chi connectivity index (χ2n) is 8.26. The molecule has 1 aliphatic heterocycles. The number of aromatic nitrogens is 1. The van der Waals surface area contributed by atoms with E-state index in [1.165, 1.54) is 0 Å². The molecule has 3 aromatic carbocycles. The molecule has 0 spiro atoms. The van der Waals surface area contributed by atoms with Crippen molar-refractivity contribution in [1.29, 1.82) is 0 Å². The Morgan fingerprint density at radius 2 is 1.44 bits per heavy atom. The number of hydrogen-bond acceptors (Lipinski definition) is 6. The molecule has 5 rings (SSSR count). The van der Waals surface area contributed by atoms with Crippen molar-refractivity contribution in [2.75, 3.05) is 36.0 Å². The van der Waals surface area contributed by atoms with Gasteiger partial charge in [-0.15, -0.1) is 0 Å². The fourth-order valence-electron chi connectivity index (χ4n) is 4.02. The van der Waals surface area contributed by atoms with Gasteiger partial charge in [-0.1, -0.05) is 47.5 Å². The molecule has 0 saturated carbocycles. The van der Waals surface area contributed by atoms with Gasteiger partial charge < -0.3 is 14.2 Å². The summed E-state index contributed by atoms with van der Waals surface area (Å²) in [6.45, 7) is 4.62. The highest BCUT2D eigenvalue weighted by molar-refractivity contribution is 7.91. The highest BCUT2D eigenvalue weighted by Gasteiger charge is 2.33. The molecular weight excluding hydrogens is 470 g/mol. The van der Waals surface area contributed by atoms with Crippen LogP contribution in [0, 0.1) is 6.92 Å².